The highest BCUT2D eigenvalue weighted by Crippen LogP contribution is 2.35. The van der Waals surface area contributed by atoms with Crippen molar-refractivity contribution in [2.45, 2.75) is 43.6 Å². The summed E-state index contributed by atoms with van der Waals surface area (Å²) >= 11 is 0. The molecule has 4 atom stereocenters. The maximum absolute atomic E-state index is 10.1. The van der Waals surface area contributed by atoms with Gasteiger partial charge in [-0.15, -0.1) is 0 Å². The third-order valence-electron chi connectivity index (χ3n) is 3.89. The fourth-order valence-corrected chi connectivity index (χ4v) is 3.17. The quantitative estimate of drug-likeness (QED) is 0.666. The van der Waals surface area contributed by atoms with Gasteiger partial charge in [-0.3, -0.25) is 4.90 Å². The molecule has 3 saturated heterocycles. The van der Waals surface area contributed by atoms with E-state index in [-0.39, 0.29) is 18.2 Å². The van der Waals surface area contributed by atoms with Crippen LogP contribution in [0, 0.1) is 0 Å². The van der Waals surface area contributed by atoms with Crippen LogP contribution in [0.25, 0.3) is 0 Å². The van der Waals surface area contributed by atoms with Gasteiger partial charge in [0.25, 0.3) is 0 Å². The summed E-state index contributed by atoms with van der Waals surface area (Å²) in [6.45, 7) is 3.46. The average Bonchev–Trinajstić information content (AvgIpc) is 2.62. The number of nitrogens with zero attached hydrogens (tertiary/aromatic N) is 1. The van der Waals surface area contributed by atoms with E-state index in [4.69, 9.17) is 9.47 Å². The zero-order valence-electron chi connectivity index (χ0n) is 8.97. The van der Waals surface area contributed by atoms with E-state index in [1.54, 1.807) is 0 Å². The van der Waals surface area contributed by atoms with Crippen LogP contribution < -0.4 is 0 Å². The Bertz CT molecular complexity index is 230. The fourth-order valence-electron chi connectivity index (χ4n) is 3.17. The number of aliphatic hydroxyl groups is 1. The van der Waals surface area contributed by atoms with Crippen molar-refractivity contribution in [1.29, 1.82) is 0 Å². The molecule has 0 aromatic rings. The number of hydrogen-bond donors (Lipinski definition) is 1. The van der Waals surface area contributed by atoms with E-state index in [1.165, 1.54) is 0 Å². The summed E-state index contributed by atoms with van der Waals surface area (Å²) in [6.07, 6.45) is 3.44. The van der Waals surface area contributed by atoms with E-state index in [0.717, 1.165) is 45.6 Å². The van der Waals surface area contributed by atoms with E-state index in [2.05, 4.69) is 4.90 Å². The number of fused-ring (bicyclic) bond motifs is 2. The molecule has 86 valence electrons. The lowest BCUT2D eigenvalue weighted by Gasteiger charge is -2.42. The van der Waals surface area contributed by atoms with Crippen LogP contribution in [0.4, 0.5) is 0 Å². The van der Waals surface area contributed by atoms with Gasteiger partial charge in [-0.2, -0.15) is 0 Å². The van der Waals surface area contributed by atoms with Crippen LogP contribution in [-0.4, -0.2) is 60.7 Å². The molecule has 3 aliphatic rings. The molecular weight excluding hydrogens is 194 g/mol. The number of ether oxygens (including phenoxy) is 2. The van der Waals surface area contributed by atoms with Crippen LogP contribution in [0.15, 0.2) is 0 Å². The van der Waals surface area contributed by atoms with Gasteiger partial charge >= 0.3 is 0 Å². The molecule has 0 unspecified atom stereocenters. The van der Waals surface area contributed by atoms with Crippen molar-refractivity contribution in [3.05, 3.63) is 0 Å². The number of morpholine rings is 1. The van der Waals surface area contributed by atoms with E-state index < -0.39 is 0 Å². The average molecular weight is 213 g/mol. The van der Waals surface area contributed by atoms with Crippen molar-refractivity contribution in [2.75, 3.05) is 26.3 Å². The molecule has 1 N–H and O–H groups in total. The van der Waals surface area contributed by atoms with Gasteiger partial charge in [-0.05, 0) is 12.8 Å². The minimum Gasteiger partial charge on any atom is -0.391 e. The van der Waals surface area contributed by atoms with Crippen LogP contribution in [0.5, 0.6) is 0 Å². The summed E-state index contributed by atoms with van der Waals surface area (Å²) in [6, 6.07) is 0.215. The zero-order valence-corrected chi connectivity index (χ0v) is 8.97. The van der Waals surface area contributed by atoms with Crippen LogP contribution >= 0.6 is 0 Å². The summed E-state index contributed by atoms with van der Waals surface area (Å²) < 4.78 is 11.2. The smallest absolute Gasteiger partial charge is 0.0760 e. The van der Waals surface area contributed by atoms with Gasteiger partial charge in [0.2, 0.25) is 0 Å². The monoisotopic (exact) mass is 213 g/mol. The third-order valence-corrected chi connectivity index (χ3v) is 3.89. The Morgan fingerprint density at radius 1 is 1.13 bits per heavy atom. The van der Waals surface area contributed by atoms with Crippen LogP contribution in [0.3, 0.4) is 0 Å². The van der Waals surface area contributed by atoms with Crippen molar-refractivity contribution in [3.8, 4) is 0 Å². The topological polar surface area (TPSA) is 41.9 Å². The van der Waals surface area contributed by atoms with Gasteiger partial charge in [0, 0.05) is 19.5 Å². The summed E-state index contributed by atoms with van der Waals surface area (Å²) in [5, 5.41) is 10.1. The lowest BCUT2D eigenvalue weighted by atomic mass is 9.98. The highest BCUT2D eigenvalue weighted by Gasteiger charge is 2.45. The fraction of sp³-hybridized carbons (Fsp3) is 1.00. The Hall–Kier alpha value is -0.160. The molecule has 3 rings (SSSR count). The molecule has 0 amide bonds. The van der Waals surface area contributed by atoms with Crippen molar-refractivity contribution in [1.82, 2.24) is 4.90 Å². The molecule has 0 radical (unpaired) electrons. The Kier molecular flexibility index (Phi) is 2.68. The van der Waals surface area contributed by atoms with Gasteiger partial charge in [0.15, 0.2) is 0 Å². The molecule has 3 aliphatic heterocycles. The van der Waals surface area contributed by atoms with Crippen molar-refractivity contribution in [3.63, 3.8) is 0 Å². The summed E-state index contributed by atoms with van der Waals surface area (Å²) in [5.74, 6) is 0. The number of rotatable bonds is 1. The molecule has 3 heterocycles. The van der Waals surface area contributed by atoms with Gasteiger partial charge in [0.1, 0.15) is 0 Å². The Balaban J connectivity index is 1.71. The summed E-state index contributed by atoms with van der Waals surface area (Å²) in [5.41, 5.74) is 0. The molecule has 0 spiro atoms. The van der Waals surface area contributed by atoms with Crippen LogP contribution in [0.1, 0.15) is 19.3 Å². The van der Waals surface area contributed by atoms with E-state index in [0.29, 0.717) is 6.10 Å². The van der Waals surface area contributed by atoms with E-state index in [9.17, 15) is 5.11 Å². The van der Waals surface area contributed by atoms with Crippen LogP contribution in [0.2, 0.25) is 0 Å². The Morgan fingerprint density at radius 3 is 2.73 bits per heavy atom. The first kappa shape index (κ1) is 10.0. The predicted molar refractivity (Wildman–Crippen MR) is 54.7 cm³/mol. The molecule has 2 bridgehead atoms. The largest absolute Gasteiger partial charge is 0.391 e. The summed E-state index contributed by atoms with van der Waals surface area (Å²) in [7, 11) is 0. The first-order valence-electron chi connectivity index (χ1n) is 6.00. The van der Waals surface area contributed by atoms with Gasteiger partial charge in [0.05, 0.1) is 37.6 Å². The number of aliphatic hydroxyl groups excluding tert-OH is 1. The number of hydrogen-bond acceptors (Lipinski definition) is 4. The highest BCUT2D eigenvalue weighted by molar-refractivity contribution is 4.97. The molecule has 4 nitrogen and oxygen atoms in total. The molecule has 15 heavy (non-hydrogen) atoms. The molecule has 4 heteroatoms. The van der Waals surface area contributed by atoms with Gasteiger partial charge in [-0.25, -0.2) is 0 Å². The Morgan fingerprint density at radius 2 is 1.93 bits per heavy atom. The first-order chi connectivity index (χ1) is 7.34. The maximum Gasteiger partial charge on any atom is 0.0760 e. The molecular formula is C11H19NO3. The second-order valence-electron chi connectivity index (χ2n) is 4.82. The minimum atomic E-state index is -0.200. The predicted octanol–water partition coefficient (Wildman–Crippen LogP) is -0.000600. The van der Waals surface area contributed by atoms with E-state index in [1.807, 2.05) is 0 Å². The molecule has 0 aliphatic carbocycles. The third kappa shape index (κ3) is 1.80. The summed E-state index contributed by atoms with van der Waals surface area (Å²) in [4.78, 5) is 2.35. The van der Waals surface area contributed by atoms with Gasteiger partial charge < -0.3 is 14.6 Å². The maximum atomic E-state index is 10.1. The van der Waals surface area contributed by atoms with Crippen LogP contribution in [-0.2, 0) is 9.47 Å². The highest BCUT2D eigenvalue weighted by atomic mass is 16.5. The minimum absolute atomic E-state index is 0.200. The second kappa shape index (κ2) is 4.01. The standard InChI is InChI=1S/C11H19NO3/c13-9-7-8-1-2-10(15-8)11(9)12-3-5-14-6-4-12/h8-11,13H,1-7H2/t8-,9+,10+,11+/m1/s1. The second-order valence-corrected chi connectivity index (χ2v) is 4.82. The van der Waals surface area contributed by atoms with E-state index >= 15 is 0 Å². The molecule has 3 fully saturated rings. The zero-order chi connectivity index (χ0) is 10.3. The normalized spacial score (nSPS) is 47.0. The van der Waals surface area contributed by atoms with Crippen molar-refractivity contribution in [2.24, 2.45) is 0 Å². The Labute approximate surface area is 90.2 Å². The lowest BCUT2D eigenvalue weighted by molar-refractivity contribution is -0.129. The first-order valence-corrected chi connectivity index (χ1v) is 6.00. The molecule has 0 saturated carbocycles. The SMILES string of the molecule is O[C@H]1C[C@H]2CC[C@H](O2)[C@H]1N1CCOCC1. The van der Waals surface area contributed by atoms with Gasteiger partial charge in [-0.1, -0.05) is 0 Å². The van der Waals surface area contributed by atoms with Crippen molar-refractivity contribution < 1.29 is 14.6 Å². The molecule has 0 aromatic heterocycles. The lowest BCUT2D eigenvalue weighted by Crippen LogP contribution is -2.57. The van der Waals surface area contributed by atoms with Crippen molar-refractivity contribution >= 4 is 0 Å². The molecule has 0 aromatic carbocycles.